The zero-order valence-electron chi connectivity index (χ0n) is 16.5. The molecule has 0 aliphatic rings. The monoisotopic (exact) mass is 378 g/mol. The van der Waals surface area contributed by atoms with E-state index >= 15 is 0 Å². The Bertz CT molecular complexity index is 974. The molecule has 3 rings (SSSR count). The molecule has 6 heteroatoms. The van der Waals surface area contributed by atoms with Gasteiger partial charge in [0.05, 0.1) is 17.6 Å². The Balaban J connectivity index is 1.77. The molecular weight excluding hydrogens is 352 g/mol. The number of imidazole rings is 1. The highest BCUT2D eigenvalue weighted by Crippen LogP contribution is 2.16. The van der Waals surface area contributed by atoms with Gasteiger partial charge in [-0.3, -0.25) is 9.59 Å². The van der Waals surface area contributed by atoms with Crippen molar-refractivity contribution in [3.05, 3.63) is 65.5 Å². The third kappa shape index (κ3) is 4.76. The summed E-state index contributed by atoms with van der Waals surface area (Å²) in [4.78, 5) is 29.4. The van der Waals surface area contributed by atoms with Gasteiger partial charge in [-0.1, -0.05) is 43.7 Å². The molecule has 6 nitrogen and oxygen atoms in total. The van der Waals surface area contributed by atoms with E-state index in [4.69, 9.17) is 0 Å². The first-order chi connectivity index (χ1) is 13.4. The molecule has 0 spiro atoms. The zero-order valence-corrected chi connectivity index (χ0v) is 16.5. The van der Waals surface area contributed by atoms with Crippen LogP contribution in [0.3, 0.4) is 0 Å². The Hall–Kier alpha value is -3.15. The average Bonchev–Trinajstić information content (AvgIpc) is 3.02. The van der Waals surface area contributed by atoms with Gasteiger partial charge in [0.15, 0.2) is 0 Å². The second-order valence-corrected chi connectivity index (χ2v) is 7.35. The fourth-order valence-corrected chi connectivity index (χ4v) is 2.92. The minimum Gasteiger partial charge on any atom is -0.354 e. The van der Waals surface area contributed by atoms with Crippen molar-refractivity contribution in [1.29, 1.82) is 0 Å². The number of aryl methyl sites for hydroxylation is 1. The summed E-state index contributed by atoms with van der Waals surface area (Å²) in [6, 6.07) is 15.1. The first-order valence-electron chi connectivity index (χ1n) is 9.49. The molecule has 2 amide bonds. The number of rotatable bonds is 7. The predicted octanol–water partition coefficient (Wildman–Crippen LogP) is 3.05. The maximum Gasteiger partial charge on any atom is 0.251 e. The van der Waals surface area contributed by atoms with Crippen molar-refractivity contribution in [1.82, 2.24) is 20.2 Å². The van der Waals surface area contributed by atoms with Crippen molar-refractivity contribution in [2.45, 2.75) is 33.9 Å². The zero-order chi connectivity index (χ0) is 20.1. The van der Waals surface area contributed by atoms with Crippen molar-refractivity contribution in [2.24, 2.45) is 5.92 Å². The lowest BCUT2D eigenvalue weighted by molar-refractivity contribution is -0.121. The number of carbonyl (C=O) groups excluding carboxylic acids is 2. The first-order valence-corrected chi connectivity index (χ1v) is 9.49. The van der Waals surface area contributed by atoms with Gasteiger partial charge < -0.3 is 15.2 Å². The Morgan fingerprint density at radius 2 is 1.75 bits per heavy atom. The number of benzene rings is 2. The molecule has 0 bridgehead atoms. The van der Waals surface area contributed by atoms with Crippen LogP contribution in [-0.2, 0) is 17.9 Å². The normalized spacial score (nSPS) is 11.0. The highest BCUT2D eigenvalue weighted by Gasteiger charge is 2.15. The van der Waals surface area contributed by atoms with Crippen LogP contribution in [0.25, 0.3) is 11.0 Å². The fourth-order valence-electron chi connectivity index (χ4n) is 2.92. The van der Waals surface area contributed by atoms with Gasteiger partial charge in [-0.05, 0) is 37.1 Å². The topological polar surface area (TPSA) is 76.0 Å². The molecule has 146 valence electrons. The molecule has 0 fully saturated rings. The van der Waals surface area contributed by atoms with E-state index in [1.807, 2.05) is 47.9 Å². The minimum atomic E-state index is -0.164. The summed E-state index contributed by atoms with van der Waals surface area (Å²) in [6.45, 7) is 7.14. The Morgan fingerprint density at radius 1 is 1.04 bits per heavy atom. The highest BCUT2D eigenvalue weighted by molar-refractivity contribution is 5.94. The second kappa shape index (κ2) is 8.69. The maximum absolute atomic E-state index is 12.4. The molecule has 1 heterocycles. The van der Waals surface area contributed by atoms with Crippen LogP contribution in [0.15, 0.2) is 48.5 Å². The van der Waals surface area contributed by atoms with Crippen molar-refractivity contribution in [2.75, 3.05) is 6.54 Å². The van der Waals surface area contributed by atoms with Crippen LogP contribution >= 0.6 is 0 Å². The summed E-state index contributed by atoms with van der Waals surface area (Å²) < 4.78 is 1.86. The van der Waals surface area contributed by atoms with Gasteiger partial charge in [-0.25, -0.2) is 4.98 Å². The maximum atomic E-state index is 12.4. The number of amides is 2. The van der Waals surface area contributed by atoms with Crippen molar-refractivity contribution >= 4 is 22.8 Å². The molecule has 0 unspecified atom stereocenters. The molecule has 3 aromatic rings. The average molecular weight is 378 g/mol. The van der Waals surface area contributed by atoms with Gasteiger partial charge in [-0.15, -0.1) is 0 Å². The summed E-state index contributed by atoms with van der Waals surface area (Å²) in [5.41, 5.74) is 3.38. The van der Waals surface area contributed by atoms with Gasteiger partial charge in [0.2, 0.25) is 5.91 Å². The third-order valence-electron chi connectivity index (χ3n) is 4.46. The molecule has 0 atom stereocenters. The van der Waals surface area contributed by atoms with Crippen molar-refractivity contribution in [3.8, 4) is 0 Å². The van der Waals surface area contributed by atoms with Crippen LogP contribution in [0.4, 0.5) is 0 Å². The van der Waals surface area contributed by atoms with E-state index in [1.54, 1.807) is 12.1 Å². The lowest BCUT2D eigenvalue weighted by Gasteiger charge is -2.12. The molecule has 2 aromatic carbocycles. The van der Waals surface area contributed by atoms with Gasteiger partial charge in [0.25, 0.3) is 5.91 Å². The number of hydrogen-bond donors (Lipinski definition) is 2. The standard InChI is InChI=1S/C22H26N4O2/c1-15(2)12-23-21(27)14-26-19-7-5-4-6-18(19)25-20(26)13-24-22(28)17-10-8-16(3)9-11-17/h4-11,15H,12-14H2,1-3H3,(H,23,27)(H,24,28). The Labute approximate surface area is 165 Å². The van der Waals surface area contributed by atoms with E-state index in [0.29, 0.717) is 23.9 Å². The van der Waals surface area contributed by atoms with Gasteiger partial charge in [0.1, 0.15) is 12.4 Å². The molecule has 0 aliphatic heterocycles. The molecule has 0 radical (unpaired) electrons. The Kier molecular flexibility index (Phi) is 6.09. The van der Waals surface area contributed by atoms with Crippen LogP contribution in [0, 0.1) is 12.8 Å². The fraction of sp³-hybridized carbons (Fsp3) is 0.318. The number of nitrogens with zero attached hydrogens (tertiary/aromatic N) is 2. The number of hydrogen-bond acceptors (Lipinski definition) is 3. The van der Waals surface area contributed by atoms with Gasteiger partial charge in [0, 0.05) is 12.1 Å². The smallest absolute Gasteiger partial charge is 0.251 e. The van der Waals surface area contributed by atoms with Gasteiger partial charge >= 0.3 is 0 Å². The second-order valence-electron chi connectivity index (χ2n) is 7.35. The van der Waals surface area contributed by atoms with Crippen molar-refractivity contribution in [3.63, 3.8) is 0 Å². The molecule has 2 N–H and O–H groups in total. The SMILES string of the molecule is Cc1ccc(C(=O)NCc2nc3ccccc3n2CC(=O)NCC(C)C)cc1. The number of carbonyl (C=O) groups is 2. The van der Waals surface area contributed by atoms with Crippen LogP contribution in [0.2, 0.25) is 0 Å². The number of nitrogens with one attached hydrogen (secondary N) is 2. The van der Waals surface area contributed by atoms with Crippen LogP contribution in [-0.4, -0.2) is 27.9 Å². The molecule has 0 saturated heterocycles. The van der Waals surface area contributed by atoms with Crippen LogP contribution in [0.5, 0.6) is 0 Å². The number of fused-ring (bicyclic) bond motifs is 1. The van der Waals surface area contributed by atoms with E-state index in [9.17, 15) is 9.59 Å². The lowest BCUT2D eigenvalue weighted by atomic mass is 10.1. The summed E-state index contributed by atoms with van der Waals surface area (Å²) in [7, 11) is 0. The quantitative estimate of drug-likeness (QED) is 0.663. The minimum absolute atomic E-state index is 0.0667. The molecule has 0 aliphatic carbocycles. The summed E-state index contributed by atoms with van der Waals surface area (Å²) in [5, 5.41) is 5.84. The molecular formula is C22H26N4O2. The van der Waals surface area contributed by atoms with E-state index in [1.165, 1.54) is 0 Å². The van der Waals surface area contributed by atoms with Crippen LogP contribution in [0.1, 0.15) is 35.6 Å². The Morgan fingerprint density at radius 3 is 2.46 bits per heavy atom. The van der Waals surface area contributed by atoms with E-state index < -0.39 is 0 Å². The lowest BCUT2D eigenvalue weighted by Crippen LogP contribution is -2.32. The largest absolute Gasteiger partial charge is 0.354 e. The predicted molar refractivity (Wildman–Crippen MR) is 110 cm³/mol. The summed E-state index contributed by atoms with van der Waals surface area (Å²) in [5.74, 6) is 0.809. The van der Waals surface area contributed by atoms with E-state index in [0.717, 1.165) is 16.6 Å². The molecule has 28 heavy (non-hydrogen) atoms. The van der Waals surface area contributed by atoms with Crippen LogP contribution < -0.4 is 10.6 Å². The number of para-hydroxylation sites is 2. The van der Waals surface area contributed by atoms with Crippen molar-refractivity contribution < 1.29 is 9.59 Å². The summed E-state index contributed by atoms with van der Waals surface area (Å²) in [6.07, 6.45) is 0. The number of aromatic nitrogens is 2. The third-order valence-corrected chi connectivity index (χ3v) is 4.46. The highest BCUT2D eigenvalue weighted by atomic mass is 16.2. The van der Waals surface area contributed by atoms with Gasteiger partial charge in [-0.2, -0.15) is 0 Å². The first kappa shape index (κ1) is 19.6. The van der Waals surface area contributed by atoms with E-state index in [2.05, 4.69) is 29.5 Å². The van der Waals surface area contributed by atoms with E-state index in [-0.39, 0.29) is 24.9 Å². The summed E-state index contributed by atoms with van der Waals surface area (Å²) >= 11 is 0. The molecule has 1 aromatic heterocycles. The molecule has 0 saturated carbocycles.